The molecule has 2 aromatic rings. The summed E-state index contributed by atoms with van der Waals surface area (Å²) in [6.07, 6.45) is 1.47. The SMILES string of the molecule is COc1ccc(C=NNc2nc(N)cs2)c(Cl)c1O. The normalized spacial score (nSPS) is 10.8. The molecule has 0 atom stereocenters. The number of methoxy groups -OCH3 is 1. The first kappa shape index (κ1) is 13.4. The average molecular weight is 299 g/mol. The number of hydrazone groups is 1. The lowest BCUT2D eigenvalue weighted by Gasteiger charge is -2.06. The van der Waals surface area contributed by atoms with Gasteiger partial charge in [-0.1, -0.05) is 11.6 Å². The van der Waals surface area contributed by atoms with Gasteiger partial charge in [0.25, 0.3) is 0 Å². The Hall–Kier alpha value is -1.99. The molecular weight excluding hydrogens is 288 g/mol. The van der Waals surface area contributed by atoms with Crippen molar-refractivity contribution in [3.05, 3.63) is 28.1 Å². The third-order valence-corrected chi connectivity index (χ3v) is 3.38. The van der Waals surface area contributed by atoms with E-state index in [1.165, 1.54) is 24.7 Å². The van der Waals surface area contributed by atoms with Crippen LogP contribution in [0, 0.1) is 0 Å². The van der Waals surface area contributed by atoms with Crippen molar-refractivity contribution in [3.8, 4) is 11.5 Å². The Labute approximate surface area is 118 Å². The van der Waals surface area contributed by atoms with E-state index in [4.69, 9.17) is 22.1 Å². The van der Waals surface area contributed by atoms with Crippen LogP contribution in [0.1, 0.15) is 5.56 Å². The maximum atomic E-state index is 9.73. The second-order valence-electron chi connectivity index (χ2n) is 3.47. The first-order valence-corrected chi connectivity index (χ1v) is 6.43. The van der Waals surface area contributed by atoms with Gasteiger partial charge in [-0.05, 0) is 12.1 Å². The summed E-state index contributed by atoms with van der Waals surface area (Å²) in [6.45, 7) is 0. The number of ether oxygens (including phenoxy) is 1. The molecule has 0 bridgehead atoms. The standard InChI is InChI=1S/C11H11ClN4O2S/c1-18-7-3-2-6(9(12)10(7)17)4-14-16-11-15-8(13)5-19-11/h2-5,17H,13H2,1H3,(H,15,16). The second-order valence-corrected chi connectivity index (χ2v) is 4.70. The van der Waals surface area contributed by atoms with Crippen LogP contribution in [-0.4, -0.2) is 23.4 Å². The van der Waals surface area contributed by atoms with Gasteiger partial charge in [0.05, 0.1) is 18.3 Å². The van der Waals surface area contributed by atoms with Crippen molar-refractivity contribution in [1.82, 2.24) is 4.98 Å². The first-order chi connectivity index (χ1) is 9.11. The average Bonchev–Trinajstić information content (AvgIpc) is 2.81. The zero-order valence-corrected chi connectivity index (χ0v) is 11.5. The lowest BCUT2D eigenvalue weighted by Crippen LogP contribution is -1.93. The van der Waals surface area contributed by atoms with E-state index >= 15 is 0 Å². The van der Waals surface area contributed by atoms with E-state index < -0.39 is 0 Å². The number of nitrogen functional groups attached to an aromatic ring is 1. The van der Waals surface area contributed by atoms with Crippen molar-refractivity contribution in [2.45, 2.75) is 0 Å². The third-order valence-electron chi connectivity index (χ3n) is 2.21. The molecule has 1 aromatic carbocycles. The largest absolute Gasteiger partial charge is 0.503 e. The number of nitrogens with one attached hydrogen (secondary N) is 1. The van der Waals surface area contributed by atoms with Crippen molar-refractivity contribution >= 4 is 40.1 Å². The van der Waals surface area contributed by atoms with Gasteiger partial charge in [0.2, 0.25) is 5.13 Å². The zero-order chi connectivity index (χ0) is 13.8. The number of thiazole rings is 1. The monoisotopic (exact) mass is 298 g/mol. The fourth-order valence-electron chi connectivity index (χ4n) is 1.32. The third kappa shape index (κ3) is 3.07. The summed E-state index contributed by atoms with van der Waals surface area (Å²) in [5.41, 5.74) is 8.74. The highest BCUT2D eigenvalue weighted by Gasteiger charge is 2.09. The van der Waals surface area contributed by atoms with Gasteiger partial charge in [0, 0.05) is 10.9 Å². The summed E-state index contributed by atoms with van der Waals surface area (Å²) >= 11 is 7.32. The van der Waals surface area contributed by atoms with Gasteiger partial charge < -0.3 is 15.6 Å². The van der Waals surface area contributed by atoms with E-state index in [1.54, 1.807) is 17.5 Å². The minimum Gasteiger partial charge on any atom is -0.503 e. The minimum absolute atomic E-state index is 0.119. The number of nitrogens with zero attached hydrogens (tertiary/aromatic N) is 2. The Balaban J connectivity index is 2.13. The van der Waals surface area contributed by atoms with Crippen LogP contribution in [-0.2, 0) is 0 Å². The summed E-state index contributed by atoms with van der Waals surface area (Å²) in [7, 11) is 1.45. The molecule has 0 aliphatic carbocycles. The predicted octanol–water partition coefficient (Wildman–Crippen LogP) is 2.54. The number of hydrogen-bond acceptors (Lipinski definition) is 7. The smallest absolute Gasteiger partial charge is 0.205 e. The Bertz CT molecular complexity index is 615. The molecular formula is C11H11ClN4O2S. The van der Waals surface area contributed by atoms with Gasteiger partial charge in [-0.3, -0.25) is 5.43 Å². The molecule has 4 N–H and O–H groups in total. The van der Waals surface area contributed by atoms with Crippen LogP contribution < -0.4 is 15.9 Å². The molecule has 0 fully saturated rings. The summed E-state index contributed by atoms with van der Waals surface area (Å²) in [5, 5.41) is 16.1. The number of phenolic OH excluding ortho intramolecular Hbond substituents is 1. The van der Waals surface area contributed by atoms with E-state index in [-0.39, 0.29) is 10.8 Å². The topological polar surface area (TPSA) is 92.8 Å². The number of aromatic hydroxyl groups is 1. The van der Waals surface area contributed by atoms with Crippen LogP contribution in [0.5, 0.6) is 11.5 Å². The second kappa shape index (κ2) is 5.77. The van der Waals surface area contributed by atoms with Gasteiger partial charge in [0.15, 0.2) is 11.5 Å². The summed E-state index contributed by atoms with van der Waals surface area (Å²) in [4.78, 5) is 3.98. The Kier molecular flexibility index (Phi) is 4.08. The zero-order valence-electron chi connectivity index (χ0n) is 9.92. The van der Waals surface area contributed by atoms with Crippen molar-refractivity contribution < 1.29 is 9.84 Å². The predicted molar refractivity (Wildman–Crippen MR) is 77.4 cm³/mol. The molecule has 0 radical (unpaired) electrons. The van der Waals surface area contributed by atoms with E-state index in [1.807, 2.05) is 0 Å². The maximum Gasteiger partial charge on any atom is 0.205 e. The molecule has 6 nitrogen and oxygen atoms in total. The van der Waals surface area contributed by atoms with E-state index in [9.17, 15) is 5.11 Å². The lowest BCUT2D eigenvalue weighted by molar-refractivity contribution is 0.373. The number of aromatic nitrogens is 1. The Morgan fingerprint density at radius 2 is 2.37 bits per heavy atom. The van der Waals surface area contributed by atoms with Gasteiger partial charge in [-0.2, -0.15) is 5.10 Å². The maximum absolute atomic E-state index is 9.73. The van der Waals surface area contributed by atoms with E-state index in [0.717, 1.165) is 0 Å². The molecule has 8 heteroatoms. The highest BCUT2D eigenvalue weighted by molar-refractivity contribution is 7.14. The van der Waals surface area contributed by atoms with E-state index in [2.05, 4.69) is 15.5 Å². The molecule has 0 saturated heterocycles. The van der Waals surface area contributed by atoms with Crippen molar-refractivity contribution in [3.63, 3.8) is 0 Å². The molecule has 0 aliphatic heterocycles. The van der Waals surface area contributed by atoms with Crippen LogP contribution in [0.25, 0.3) is 0 Å². The summed E-state index contributed by atoms with van der Waals surface area (Å²) in [6, 6.07) is 3.28. The number of hydrogen-bond donors (Lipinski definition) is 3. The quantitative estimate of drug-likeness (QED) is 0.596. The van der Waals surface area contributed by atoms with Crippen LogP contribution in [0.15, 0.2) is 22.6 Å². The highest BCUT2D eigenvalue weighted by Crippen LogP contribution is 2.35. The Morgan fingerprint density at radius 3 is 3.00 bits per heavy atom. The number of benzene rings is 1. The molecule has 100 valence electrons. The lowest BCUT2D eigenvalue weighted by atomic mass is 10.2. The van der Waals surface area contributed by atoms with Crippen LogP contribution in [0.4, 0.5) is 10.9 Å². The first-order valence-electron chi connectivity index (χ1n) is 5.17. The van der Waals surface area contributed by atoms with Crippen molar-refractivity contribution in [2.75, 3.05) is 18.3 Å². The van der Waals surface area contributed by atoms with Crippen molar-refractivity contribution in [1.29, 1.82) is 0 Å². The minimum atomic E-state index is -0.119. The summed E-state index contributed by atoms with van der Waals surface area (Å²) < 4.78 is 4.94. The number of nitrogens with two attached hydrogens (primary N) is 1. The Morgan fingerprint density at radius 1 is 1.58 bits per heavy atom. The molecule has 1 heterocycles. The van der Waals surface area contributed by atoms with Crippen LogP contribution in [0.3, 0.4) is 0 Å². The summed E-state index contributed by atoms with van der Waals surface area (Å²) in [5.74, 6) is 0.622. The number of phenols is 1. The molecule has 0 saturated carbocycles. The van der Waals surface area contributed by atoms with Gasteiger partial charge in [0.1, 0.15) is 5.82 Å². The molecule has 0 aliphatic rings. The van der Waals surface area contributed by atoms with Gasteiger partial charge in [-0.25, -0.2) is 4.98 Å². The molecule has 0 unspecified atom stereocenters. The van der Waals surface area contributed by atoms with Gasteiger partial charge in [-0.15, -0.1) is 11.3 Å². The molecule has 2 rings (SSSR count). The van der Waals surface area contributed by atoms with E-state index in [0.29, 0.717) is 22.3 Å². The number of rotatable bonds is 4. The van der Waals surface area contributed by atoms with Gasteiger partial charge >= 0.3 is 0 Å². The molecule has 1 aromatic heterocycles. The fourth-order valence-corrected chi connectivity index (χ4v) is 2.07. The molecule has 0 amide bonds. The molecule has 19 heavy (non-hydrogen) atoms. The number of halogens is 1. The highest BCUT2D eigenvalue weighted by atomic mass is 35.5. The van der Waals surface area contributed by atoms with Crippen molar-refractivity contribution in [2.24, 2.45) is 5.10 Å². The number of anilines is 2. The fraction of sp³-hybridized carbons (Fsp3) is 0.0909. The molecule has 0 spiro atoms. The van der Waals surface area contributed by atoms with Crippen LogP contribution in [0.2, 0.25) is 5.02 Å². The van der Waals surface area contributed by atoms with Crippen LogP contribution >= 0.6 is 22.9 Å².